The molecule has 0 aliphatic carbocycles. The van der Waals surface area contributed by atoms with Crippen LogP contribution in [-0.2, 0) is 16.4 Å². The van der Waals surface area contributed by atoms with E-state index >= 15 is 0 Å². The Bertz CT molecular complexity index is 691. The Hall–Kier alpha value is -1.72. The van der Waals surface area contributed by atoms with Gasteiger partial charge in [-0.05, 0) is 36.2 Å². The summed E-state index contributed by atoms with van der Waals surface area (Å²) in [6, 6.07) is 8.43. The third-order valence-electron chi connectivity index (χ3n) is 2.90. The number of benzene rings is 1. The number of hydrogen-bond donors (Lipinski definition) is 1. The van der Waals surface area contributed by atoms with E-state index in [4.69, 9.17) is 0 Å². The maximum Gasteiger partial charge on any atom is 0.175 e. The molecular weight excluding hydrogens is 262 g/mol. The highest BCUT2D eigenvalue weighted by Gasteiger charge is 2.12. The SMILES string of the molecule is Cc1ccc(-c2cc(S(C)(=O)=O)ccc2CO)cn1. The van der Waals surface area contributed by atoms with E-state index in [-0.39, 0.29) is 11.5 Å². The largest absolute Gasteiger partial charge is 0.392 e. The lowest BCUT2D eigenvalue weighted by Gasteiger charge is -2.09. The van der Waals surface area contributed by atoms with Crippen molar-refractivity contribution in [2.75, 3.05) is 6.26 Å². The van der Waals surface area contributed by atoms with Gasteiger partial charge in [-0.3, -0.25) is 4.98 Å². The van der Waals surface area contributed by atoms with E-state index in [1.54, 1.807) is 18.3 Å². The first kappa shape index (κ1) is 13.7. The topological polar surface area (TPSA) is 67.3 Å². The van der Waals surface area contributed by atoms with Crippen molar-refractivity contribution in [1.29, 1.82) is 0 Å². The molecule has 2 rings (SSSR count). The maximum atomic E-state index is 11.6. The molecule has 0 aliphatic rings. The van der Waals surface area contributed by atoms with Crippen LogP contribution in [0.3, 0.4) is 0 Å². The molecule has 0 spiro atoms. The number of aliphatic hydroxyl groups excluding tert-OH is 1. The van der Waals surface area contributed by atoms with Gasteiger partial charge in [0, 0.05) is 23.7 Å². The molecule has 0 amide bonds. The van der Waals surface area contributed by atoms with E-state index in [9.17, 15) is 13.5 Å². The second-order valence-electron chi connectivity index (χ2n) is 4.44. The molecule has 0 atom stereocenters. The molecule has 2 aromatic rings. The number of pyridine rings is 1. The van der Waals surface area contributed by atoms with Crippen LogP contribution in [0.25, 0.3) is 11.1 Å². The monoisotopic (exact) mass is 277 g/mol. The van der Waals surface area contributed by atoms with Gasteiger partial charge in [0.2, 0.25) is 0 Å². The number of aliphatic hydroxyl groups is 1. The van der Waals surface area contributed by atoms with Crippen molar-refractivity contribution in [3.05, 3.63) is 47.8 Å². The second-order valence-corrected chi connectivity index (χ2v) is 6.45. The van der Waals surface area contributed by atoms with Gasteiger partial charge in [0.25, 0.3) is 0 Å². The first-order valence-electron chi connectivity index (χ1n) is 5.78. The molecule has 1 aromatic heterocycles. The zero-order chi connectivity index (χ0) is 14.0. The highest BCUT2D eigenvalue weighted by molar-refractivity contribution is 7.90. The Labute approximate surface area is 112 Å². The van der Waals surface area contributed by atoms with Crippen LogP contribution >= 0.6 is 0 Å². The van der Waals surface area contributed by atoms with Crippen molar-refractivity contribution >= 4 is 9.84 Å². The molecule has 0 saturated heterocycles. The lowest BCUT2D eigenvalue weighted by atomic mass is 10.0. The molecule has 5 heteroatoms. The quantitative estimate of drug-likeness (QED) is 0.931. The summed E-state index contributed by atoms with van der Waals surface area (Å²) in [6.45, 7) is 1.73. The van der Waals surface area contributed by atoms with Gasteiger partial charge in [0.05, 0.1) is 11.5 Å². The van der Waals surface area contributed by atoms with Crippen LogP contribution in [0.2, 0.25) is 0 Å². The first-order chi connectivity index (χ1) is 8.91. The Morgan fingerprint density at radius 2 is 1.95 bits per heavy atom. The minimum atomic E-state index is -3.27. The molecule has 4 nitrogen and oxygen atoms in total. The van der Waals surface area contributed by atoms with Gasteiger partial charge in [0.15, 0.2) is 9.84 Å². The highest BCUT2D eigenvalue weighted by atomic mass is 32.2. The number of nitrogens with zero attached hydrogens (tertiary/aromatic N) is 1. The summed E-state index contributed by atoms with van der Waals surface area (Å²) in [6.07, 6.45) is 2.84. The van der Waals surface area contributed by atoms with Crippen molar-refractivity contribution in [2.24, 2.45) is 0 Å². The van der Waals surface area contributed by atoms with Crippen LogP contribution < -0.4 is 0 Å². The molecule has 1 aromatic carbocycles. The molecule has 0 fully saturated rings. The summed E-state index contributed by atoms with van der Waals surface area (Å²) in [4.78, 5) is 4.43. The predicted octanol–water partition coefficient (Wildman–Crippen LogP) is 1.95. The van der Waals surface area contributed by atoms with Gasteiger partial charge in [-0.25, -0.2) is 8.42 Å². The maximum absolute atomic E-state index is 11.6. The Kier molecular flexibility index (Phi) is 3.68. The zero-order valence-electron chi connectivity index (χ0n) is 10.8. The molecule has 19 heavy (non-hydrogen) atoms. The number of aromatic nitrogens is 1. The van der Waals surface area contributed by atoms with Crippen molar-refractivity contribution in [3.8, 4) is 11.1 Å². The predicted molar refractivity (Wildman–Crippen MR) is 73.4 cm³/mol. The molecule has 0 saturated carbocycles. The van der Waals surface area contributed by atoms with Gasteiger partial charge in [0.1, 0.15) is 0 Å². The molecule has 0 unspecified atom stereocenters. The normalized spacial score (nSPS) is 11.5. The highest BCUT2D eigenvalue weighted by Crippen LogP contribution is 2.26. The van der Waals surface area contributed by atoms with Gasteiger partial charge < -0.3 is 5.11 Å². The number of rotatable bonds is 3. The lowest BCUT2D eigenvalue weighted by molar-refractivity contribution is 0.282. The van der Waals surface area contributed by atoms with Crippen LogP contribution in [0.4, 0.5) is 0 Å². The van der Waals surface area contributed by atoms with E-state index in [0.29, 0.717) is 11.1 Å². The summed E-state index contributed by atoms with van der Waals surface area (Å²) >= 11 is 0. The molecule has 0 radical (unpaired) electrons. The third kappa shape index (κ3) is 3.00. The summed E-state index contributed by atoms with van der Waals surface area (Å²) in [5.74, 6) is 0. The molecule has 1 N–H and O–H groups in total. The van der Waals surface area contributed by atoms with E-state index < -0.39 is 9.84 Å². The van der Waals surface area contributed by atoms with Gasteiger partial charge in [-0.1, -0.05) is 12.1 Å². The van der Waals surface area contributed by atoms with Crippen molar-refractivity contribution < 1.29 is 13.5 Å². The number of aryl methyl sites for hydroxylation is 1. The minimum absolute atomic E-state index is 0.146. The smallest absolute Gasteiger partial charge is 0.175 e. The number of sulfone groups is 1. The van der Waals surface area contributed by atoms with Crippen LogP contribution in [0.15, 0.2) is 41.4 Å². The third-order valence-corrected chi connectivity index (χ3v) is 4.01. The lowest BCUT2D eigenvalue weighted by Crippen LogP contribution is -1.99. The molecule has 0 aliphatic heterocycles. The summed E-state index contributed by atoms with van der Waals surface area (Å²) < 4.78 is 23.2. The minimum Gasteiger partial charge on any atom is -0.392 e. The van der Waals surface area contributed by atoms with Crippen LogP contribution in [0.1, 0.15) is 11.3 Å². The fourth-order valence-electron chi connectivity index (χ4n) is 1.82. The van der Waals surface area contributed by atoms with Gasteiger partial charge >= 0.3 is 0 Å². The number of hydrogen-bond acceptors (Lipinski definition) is 4. The van der Waals surface area contributed by atoms with Gasteiger partial charge in [-0.15, -0.1) is 0 Å². The van der Waals surface area contributed by atoms with E-state index in [2.05, 4.69) is 4.98 Å². The van der Waals surface area contributed by atoms with E-state index in [1.807, 2.05) is 19.1 Å². The van der Waals surface area contributed by atoms with E-state index in [1.165, 1.54) is 6.07 Å². The second kappa shape index (κ2) is 5.11. The average molecular weight is 277 g/mol. The Balaban J connectivity index is 2.63. The van der Waals surface area contributed by atoms with Gasteiger partial charge in [-0.2, -0.15) is 0 Å². The molecular formula is C14H15NO3S. The Morgan fingerprint density at radius 3 is 2.47 bits per heavy atom. The molecule has 1 heterocycles. The van der Waals surface area contributed by atoms with E-state index in [0.717, 1.165) is 17.5 Å². The standard InChI is InChI=1S/C14H15NO3S/c1-10-3-4-11(8-15-10)14-7-13(19(2,17)18)6-5-12(14)9-16/h3-8,16H,9H2,1-2H3. The van der Waals surface area contributed by atoms with Crippen LogP contribution in [0.5, 0.6) is 0 Å². The summed E-state index contributed by atoms with van der Waals surface area (Å²) in [7, 11) is -3.27. The van der Waals surface area contributed by atoms with Crippen LogP contribution in [0, 0.1) is 6.92 Å². The van der Waals surface area contributed by atoms with Crippen molar-refractivity contribution in [2.45, 2.75) is 18.4 Å². The summed E-state index contributed by atoms with van der Waals surface area (Å²) in [5.41, 5.74) is 3.05. The fourth-order valence-corrected chi connectivity index (χ4v) is 2.47. The van der Waals surface area contributed by atoms with Crippen LogP contribution in [-0.4, -0.2) is 24.8 Å². The van der Waals surface area contributed by atoms with Crippen molar-refractivity contribution in [3.63, 3.8) is 0 Å². The molecule has 100 valence electrons. The first-order valence-corrected chi connectivity index (χ1v) is 7.68. The summed E-state index contributed by atoms with van der Waals surface area (Å²) in [5, 5.41) is 9.36. The average Bonchev–Trinajstić information content (AvgIpc) is 2.38. The fraction of sp³-hybridized carbons (Fsp3) is 0.214. The van der Waals surface area contributed by atoms with Crippen molar-refractivity contribution in [1.82, 2.24) is 4.98 Å². The zero-order valence-corrected chi connectivity index (χ0v) is 11.6. The Morgan fingerprint density at radius 1 is 1.21 bits per heavy atom. The molecule has 0 bridgehead atoms.